The quantitative estimate of drug-likeness (QED) is 0.434. The van der Waals surface area contributed by atoms with Crippen molar-refractivity contribution < 1.29 is 0 Å². The van der Waals surface area contributed by atoms with Crippen LogP contribution in [-0.2, 0) is 0 Å². The van der Waals surface area contributed by atoms with Crippen LogP contribution in [0.5, 0.6) is 0 Å². The van der Waals surface area contributed by atoms with Crippen LogP contribution < -0.4 is 11.0 Å². The lowest BCUT2D eigenvalue weighted by molar-refractivity contribution is 0.817. The van der Waals surface area contributed by atoms with Crippen LogP contribution in [0, 0.1) is 13.8 Å². The lowest BCUT2D eigenvalue weighted by atomic mass is 10.0. The molecule has 0 saturated heterocycles. The third kappa shape index (κ3) is 3.10. The number of para-hydroxylation sites is 1. The molecule has 0 amide bonds. The van der Waals surface area contributed by atoms with Crippen LogP contribution in [0.1, 0.15) is 22.5 Å². The standard InChI is InChI=1S/C20H18N6O/c1-13-17(19-24-21-14(2)20(27)26(19)25-13)18(15-9-5-3-6-10-15)23-22-16-11-7-4-8-12-16/h3-12,22,25H,1-2H3/b23-18+. The summed E-state index contributed by atoms with van der Waals surface area (Å²) in [5, 5.41) is 15.9. The summed E-state index contributed by atoms with van der Waals surface area (Å²) in [6.45, 7) is 3.53. The van der Waals surface area contributed by atoms with E-state index < -0.39 is 0 Å². The highest BCUT2D eigenvalue weighted by atomic mass is 16.1. The smallest absolute Gasteiger partial charge is 0.293 e. The van der Waals surface area contributed by atoms with Crippen LogP contribution in [-0.4, -0.2) is 25.5 Å². The number of fused-ring (bicyclic) bond motifs is 1. The van der Waals surface area contributed by atoms with Gasteiger partial charge in [0.1, 0.15) is 11.4 Å². The molecular formula is C20H18N6O. The Bertz CT molecular complexity index is 1180. The Hall–Kier alpha value is -3.74. The number of benzene rings is 2. The summed E-state index contributed by atoms with van der Waals surface area (Å²) in [7, 11) is 0. The van der Waals surface area contributed by atoms with Gasteiger partial charge in [0.2, 0.25) is 0 Å². The number of H-pyrrole nitrogens is 1. The molecule has 7 heteroatoms. The highest BCUT2D eigenvalue weighted by Gasteiger charge is 2.19. The number of aromatic amines is 1. The average Bonchev–Trinajstić information content (AvgIpc) is 3.04. The molecule has 0 aliphatic heterocycles. The van der Waals surface area contributed by atoms with Crippen molar-refractivity contribution in [1.29, 1.82) is 0 Å². The van der Waals surface area contributed by atoms with Crippen LogP contribution in [0.3, 0.4) is 0 Å². The molecule has 0 radical (unpaired) electrons. The second-order valence-corrected chi connectivity index (χ2v) is 6.17. The molecule has 0 aliphatic carbocycles. The van der Waals surface area contributed by atoms with Gasteiger partial charge in [-0.1, -0.05) is 48.5 Å². The maximum Gasteiger partial charge on any atom is 0.294 e. The van der Waals surface area contributed by atoms with E-state index in [-0.39, 0.29) is 5.56 Å². The predicted octanol–water partition coefficient (Wildman–Crippen LogP) is 2.90. The molecule has 2 N–H and O–H groups in total. The molecule has 0 spiro atoms. The first-order chi connectivity index (χ1) is 13.1. The van der Waals surface area contributed by atoms with Crippen molar-refractivity contribution in [2.45, 2.75) is 13.8 Å². The Balaban J connectivity index is 1.92. The van der Waals surface area contributed by atoms with Crippen molar-refractivity contribution in [3.05, 3.63) is 93.5 Å². The third-order valence-corrected chi connectivity index (χ3v) is 4.25. The van der Waals surface area contributed by atoms with Gasteiger partial charge >= 0.3 is 0 Å². The molecule has 0 saturated carbocycles. The van der Waals surface area contributed by atoms with E-state index in [1.807, 2.05) is 67.6 Å². The lowest BCUT2D eigenvalue weighted by Crippen LogP contribution is -2.20. The fourth-order valence-electron chi connectivity index (χ4n) is 2.90. The van der Waals surface area contributed by atoms with E-state index in [2.05, 4.69) is 25.8 Å². The molecular weight excluding hydrogens is 340 g/mol. The van der Waals surface area contributed by atoms with Crippen molar-refractivity contribution in [2.24, 2.45) is 5.10 Å². The number of hydrazone groups is 1. The fraction of sp³-hybridized carbons (Fsp3) is 0.100. The second-order valence-electron chi connectivity index (χ2n) is 6.17. The normalized spacial score (nSPS) is 11.7. The minimum absolute atomic E-state index is 0.224. The van der Waals surface area contributed by atoms with Crippen LogP contribution >= 0.6 is 0 Å². The Kier molecular flexibility index (Phi) is 4.25. The van der Waals surface area contributed by atoms with Crippen molar-refractivity contribution in [3.63, 3.8) is 0 Å². The predicted molar refractivity (Wildman–Crippen MR) is 105 cm³/mol. The van der Waals surface area contributed by atoms with Gasteiger partial charge in [0.05, 0.1) is 11.3 Å². The summed E-state index contributed by atoms with van der Waals surface area (Å²) in [5.41, 5.74) is 7.60. The van der Waals surface area contributed by atoms with Crippen LogP contribution in [0.15, 0.2) is 70.6 Å². The first kappa shape index (κ1) is 16.7. The van der Waals surface area contributed by atoms with E-state index in [1.54, 1.807) is 6.92 Å². The Morgan fingerprint density at radius 1 is 1.00 bits per heavy atom. The second kappa shape index (κ2) is 6.87. The Labute approximate surface area is 155 Å². The number of aromatic nitrogens is 4. The zero-order chi connectivity index (χ0) is 18.8. The highest BCUT2D eigenvalue weighted by molar-refractivity contribution is 6.17. The van der Waals surface area contributed by atoms with Crippen LogP contribution in [0.2, 0.25) is 0 Å². The highest BCUT2D eigenvalue weighted by Crippen LogP contribution is 2.19. The van der Waals surface area contributed by atoms with Gasteiger partial charge in [-0.3, -0.25) is 15.3 Å². The molecule has 0 unspecified atom stereocenters. The van der Waals surface area contributed by atoms with Crippen molar-refractivity contribution in [3.8, 4) is 0 Å². The largest absolute Gasteiger partial charge is 0.294 e. The molecule has 2 heterocycles. The number of nitrogens with zero attached hydrogens (tertiary/aromatic N) is 4. The molecule has 0 atom stereocenters. The summed E-state index contributed by atoms with van der Waals surface area (Å²) in [6, 6.07) is 19.4. The van der Waals surface area contributed by atoms with Gasteiger partial charge < -0.3 is 0 Å². The van der Waals surface area contributed by atoms with Gasteiger partial charge in [0.15, 0.2) is 5.65 Å². The van der Waals surface area contributed by atoms with E-state index in [0.717, 1.165) is 22.5 Å². The molecule has 2 aromatic heterocycles. The van der Waals surface area contributed by atoms with Crippen molar-refractivity contribution >= 4 is 17.0 Å². The third-order valence-electron chi connectivity index (χ3n) is 4.25. The number of hydrogen-bond donors (Lipinski definition) is 2. The van der Waals surface area contributed by atoms with Gasteiger partial charge in [-0.15, -0.1) is 10.2 Å². The van der Waals surface area contributed by atoms with Crippen LogP contribution in [0.25, 0.3) is 5.65 Å². The van der Waals surface area contributed by atoms with E-state index in [1.165, 1.54) is 4.52 Å². The number of anilines is 1. The molecule has 4 rings (SSSR count). The maximum atomic E-state index is 12.4. The first-order valence-corrected chi connectivity index (χ1v) is 8.54. The van der Waals surface area contributed by atoms with Gasteiger partial charge in [-0.05, 0) is 26.0 Å². The fourth-order valence-corrected chi connectivity index (χ4v) is 2.90. The van der Waals surface area contributed by atoms with Gasteiger partial charge in [-0.2, -0.15) is 9.62 Å². The summed E-state index contributed by atoms with van der Waals surface area (Å²) in [5.74, 6) is 0. The molecule has 27 heavy (non-hydrogen) atoms. The Morgan fingerprint density at radius 3 is 2.37 bits per heavy atom. The van der Waals surface area contributed by atoms with Crippen LogP contribution in [0.4, 0.5) is 5.69 Å². The van der Waals surface area contributed by atoms with Gasteiger partial charge in [-0.25, -0.2) is 0 Å². The molecule has 134 valence electrons. The molecule has 7 nitrogen and oxygen atoms in total. The SMILES string of the molecule is Cc1[nH]n2c(=O)c(C)nnc2c1/C(=N/Nc1ccccc1)c1ccccc1. The van der Waals surface area contributed by atoms with Crippen molar-refractivity contribution in [2.75, 3.05) is 5.43 Å². The first-order valence-electron chi connectivity index (χ1n) is 8.54. The maximum absolute atomic E-state index is 12.4. The molecule has 2 aromatic carbocycles. The lowest BCUT2D eigenvalue weighted by Gasteiger charge is -2.08. The number of rotatable bonds is 4. The minimum Gasteiger partial charge on any atom is -0.293 e. The van der Waals surface area contributed by atoms with Gasteiger partial charge in [0, 0.05) is 11.3 Å². The van der Waals surface area contributed by atoms with E-state index in [9.17, 15) is 4.79 Å². The average molecular weight is 358 g/mol. The van der Waals surface area contributed by atoms with Crippen molar-refractivity contribution in [1.82, 2.24) is 19.8 Å². The topological polar surface area (TPSA) is 87.4 Å². The van der Waals surface area contributed by atoms with Gasteiger partial charge in [0.25, 0.3) is 5.56 Å². The van der Waals surface area contributed by atoms with E-state index in [4.69, 9.17) is 0 Å². The molecule has 0 fully saturated rings. The zero-order valence-corrected chi connectivity index (χ0v) is 15.0. The molecule has 0 aliphatic rings. The van der Waals surface area contributed by atoms with E-state index in [0.29, 0.717) is 17.1 Å². The minimum atomic E-state index is -0.224. The van der Waals surface area contributed by atoms with E-state index >= 15 is 0 Å². The number of aryl methyl sites for hydroxylation is 2. The number of hydrogen-bond acceptors (Lipinski definition) is 5. The number of nitrogens with one attached hydrogen (secondary N) is 2. The summed E-state index contributed by atoms with van der Waals surface area (Å²) in [6.07, 6.45) is 0. The summed E-state index contributed by atoms with van der Waals surface area (Å²) >= 11 is 0. The molecule has 0 bridgehead atoms. The summed E-state index contributed by atoms with van der Waals surface area (Å²) < 4.78 is 1.41. The zero-order valence-electron chi connectivity index (χ0n) is 15.0. The summed E-state index contributed by atoms with van der Waals surface area (Å²) in [4.78, 5) is 12.4. The Morgan fingerprint density at radius 2 is 1.67 bits per heavy atom. The molecule has 4 aromatic rings. The monoisotopic (exact) mass is 358 g/mol.